The smallest absolute Gasteiger partial charge is 0.298 e. The number of thioether (sulfide) groups is 1. The van der Waals surface area contributed by atoms with Crippen LogP contribution in [0.3, 0.4) is 0 Å². The van der Waals surface area contributed by atoms with Crippen molar-refractivity contribution in [1.82, 2.24) is 0 Å². The molecule has 3 aromatic rings. The van der Waals surface area contributed by atoms with Crippen LogP contribution in [0.15, 0.2) is 71.6 Å². The second kappa shape index (κ2) is 9.37. The van der Waals surface area contributed by atoms with Gasteiger partial charge in [-0.05, 0) is 54.2 Å². The minimum atomic E-state index is -0.409. The molecule has 3 aromatic carbocycles. The van der Waals surface area contributed by atoms with Gasteiger partial charge in [0.05, 0.1) is 10.6 Å². The molecule has 1 heterocycles. The molecule has 0 atom stereocenters. The van der Waals surface area contributed by atoms with Crippen LogP contribution in [0.4, 0.5) is 10.5 Å². The number of ether oxygens (including phenoxy) is 1. The maximum Gasteiger partial charge on any atom is 0.298 e. The van der Waals surface area contributed by atoms with E-state index in [2.05, 4.69) is 0 Å². The van der Waals surface area contributed by atoms with Crippen molar-refractivity contribution in [3.8, 4) is 5.75 Å². The van der Waals surface area contributed by atoms with Gasteiger partial charge >= 0.3 is 0 Å². The van der Waals surface area contributed by atoms with Crippen LogP contribution >= 0.6 is 46.6 Å². The van der Waals surface area contributed by atoms with E-state index < -0.39 is 5.91 Å². The zero-order chi connectivity index (χ0) is 22.0. The molecule has 1 fully saturated rings. The van der Waals surface area contributed by atoms with E-state index in [0.717, 1.165) is 22.2 Å². The molecule has 1 saturated heterocycles. The second-order valence-electron chi connectivity index (χ2n) is 6.56. The third kappa shape index (κ3) is 4.91. The number of imide groups is 1. The van der Waals surface area contributed by atoms with E-state index >= 15 is 0 Å². The number of carbonyl (C=O) groups is 2. The number of para-hydroxylation sites is 1. The Labute approximate surface area is 198 Å². The van der Waals surface area contributed by atoms with Gasteiger partial charge in [0, 0.05) is 26.2 Å². The molecule has 0 unspecified atom stereocenters. The van der Waals surface area contributed by atoms with E-state index in [1.807, 2.05) is 18.2 Å². The fourth-order valence-electron chi connectivity index (χ4n) is 2.97. The summed E-state index contributed by atoms with van der Waals surface area (Å²) >= 11 is 19.0. The van der Waals surface area contributed by atoms with Gasteiger partial charge in [0.15, 0.2) is 0 Å². The van der Waals surface area contributed by atoms with Crippen molar-refractivity contribution in [1.29, 1.82) is 0 Å². The van der Waals surface area contributed by atoms with Crippen molar-refractivity contribution in [3.05, 3.63) is 97.8 Å². The number of halogens is 3. The van der Waals surface area contributed by atoms with E-state index in [1.54, 1.807) is 54.6 Å². The van der Waals surface area contributed by atoms with Gasteiger partial charge < -0.3 is 4.74 Å². The predicted molar refractivity (Wildman–Crippen MR) is 127 cm³/mol. The lowest BCUT2D eigenvalue weighted by atomic mass is 10.1. The number of hydrogen-bond donors (Lipinski definition) is 0. The van der Waals surface area contributed by atoms with Crippen molar-refractivity contribution in [3.63, 3.8) is 0 Å². The first-order valence-corrected chi connectivity index (χ1v) is 11.1. The molecule has 156 valence electrons. The molecular formula is C23H14Cl3NO3S. The molecule has 0 aromatic heterocycles. The fourth-order valence-corrected chi connectivity index (χ4v) is 4.45. The highest BCUT2D eigenvalue weighted by atomic mass is 35.5. The molecule has 0 bridgehead atoms. The Morgan fingerprint density at radius 3 is 2.45 bits per heavy atom. The highest BCUT2D eigenvalue weighted by molar-refractivity contribution is 8.19. The van der Waals surface area contributed by atoms with Crippen LogP contribution in [-0.2, 0) is 11.4 Å². The first-order valence-electron chi connectivity index (χ1n) is 9.11. The molecular weight excluding hydrogens is 477 g/mol. The van der Waals surface area contributed by atoms with E-state index in [0.29, 0.717) is 37.0 Å². The standard InChI is InChI=1S/C23H14Cl3NO3S/c24-16-5-3-6-18(11-16)27-22(28)21(31-23(27)29)10-14-4-1-2-7-20(14)30-13-15-8-9-17(25)12-19(15)26/h1-12H,13H2/b21-10+. The summed E-state index contributed by atoms with van der Waals surface area (Å²) in [6.07, 6.45) is 1.65. The molecule has 0 saturated carbocycles. The van der Waals surface area contributed by atoms with Crippen LogP contribution in [0.2, 0.25) is 15.1 Å². The maximum atomic E-state index is 12.9. The molecule has 4 rings (SSSR count). The average Bonchev–Trinajstić information content (AvgIpc) is 3.01. The van der Waals surface area contributed by atoms with Gasteiger partial charge in [0.25, 0.3) is 11.1 Å². The monoisotopic (exact) mass is 489 g/mol. The van der Waals surface area contributed by atoms with Gasteiger partial charge in [-0.25, -0.2) is 4.90 Å². The van der Waals surface area contributed by atoms with Crippen molar-refractivity contribution in [2.75, 3.05) is 4.90 Å². The summed E-state index contributed by atoms with van der Waals surface area (Å²) in [6.45, 7) is 0.227. The van der Waals surface area contributed by atoms with Crippen molar-refractivity contribution in [2.45, 2.75) is 6.61 Å². The van der Waals surface area contributed by atoms with E-state index in [4.69, 9.17) is 39.5 Å². The zero-order valence-electron chi connectivity index (χ0n) is 15.8. The lowest BCUT2D eigenvalue weighted by molar-refractivity contribution is -0.113. The Kier molecular flexibility index (Phi) is 6.58. The Hall–Kier alpha value is -2.44. The molecule has 1 aliphatic rings. The van der Waals surface area contributed by atoms with Gasteiger partial charge in [-0.1, -0.05) is 65.1 Å². The highest BCUT2D eigenvalue weighted by Crippen LogP contribution is 2.37. The minimum absolute atomic E-state index is 0.227. The number of amides is 2. The molecule has 0 radical (unpaired) electrons. The van der Waals surface area contributed by atoms with Crippen LogP contribution < -0.4 is 9.64 Å². The van der Waals surface area contributed by atoms with Crippen LogP contribution in [0.5, 0.6) is 5.75 Å². The third-order valence-electron chi connectivity index (χ3n) is 4.46. The Morgan fingerprint density at radius 2 is 1.68 bits per heavy atom. The Morgan fingerprint density at radius 1 is 0.903 bits per heavy atom. The first-order chi connectivity index (χ1) is 14.9. The number of rotatable bonds is 5. The fraction of sp³-hybridized carbons (Fsp3) is 0.0435. The number of carbonyl (C=O) groups excluding carboxylic acids is 2. The number of nitrogens with zero attached hydrogens (tertiary/aromatic N) is 1. The normalized spacial score (nSPS) is 15.1. The summed E-state index contributed by atoms with van der Waals surface area (Å²) in [5.74, 6) is 0.149. The van der Waals surface area contributed by atoms with Gasteiger partial charge in [-0.3, -0.25) is 9.59 Å². The Bertz CT molecular complexity index is 1210. The Balaban J connectivity index is 1.58. The van der Waals surface area contributed by atoms with Crippen molar-refractivity contribution >= 4 is 69.5 Å². The highest BCUT2D eigenvalue weighted by Gasteiger charge is 2.36. The summed E-state index contributed by atoms with van der Waals surface area (Å²) in [5, 5.41) is 1.11. The van der Waals surface area contributed by atoms with Gasteiger partial charge in [0.1, 0.15) is 12.4 Å². The largest absolute Gasteiger partial charge is 0.488 e. The van der Waals surface area contributed by atoms with Gasteiger partial charge in [0.2, 0.25) is 0 Å². The zero-order valence-corrected chi connectivity index (χ0v) is 18.9. The molecule has 4 nitrogen and oxygen atoms in total. The van der Waals surface area contributed by atoms with Gasteiger partial charge in [-0.2, -0.15) is 0 Å². The number of anilines is 1. The van der Waals surface area contributed by atoms with Crippen molar-refractivity contribution in [2.24, 2.45) is 0 Å². The quantitative estimate of drug-likeness (QED) is 0.348. The summed E-state index contributed by atoms with van der Waals surface area (Å²) in [4.78, 5) is 26.8. The lowest BCUT2D eigenvalue weighted by Crippen LogP contribution is -2.27. The molecule has 8 heteroatoms. The summed E-state index contributed by atoms with van der Waals surface area (Å²) < 4.78 is 5.93. The maximum absolute atomic E-state index is 12.9. The van der Waals surface area contributed by atoms with Crippen LogP contribution in [0.25, 0.3) is 6.08 Å². The van der Waals surface area contributed by atoms with Crippen LogP contribution in [-0.4, -0.2) is 11.1 Å². The molecule has 0 N–H and O–H groups in total. The molecule has 1 aliphatic heterocycles. The lowest BCUT2D eigenvalue weighted by Gasteiger charge is -2.12. The van der Waals surface area contributed by atoms with Crippen LogP contribution in [0.1, 0.15) is 11.1 Å². The molecule has 2 amide bonds. The van der Waals surface area contributed by atoms with Crippen LogP contribution in [0, 0.1) is 0 Å². The van der Waals surface area contributed by atoms with E-state index in [-0.39, 0.29) is 11.8 Å². The summed E-state index contributed by atoms with van der Waals surface area (Å²) in [6, 6.07) is 19.1. The number of benzene rings is 3. The molecule has 0 aliphatic carbocycles. The first kappa shape index (κ1) is 21.8. The van der Waals surface area contributed by atoms with Crippen molar-refractivity contribution < 1.29 is 14.3 Å². The second-order valence-corrected chi connectivity index (χ2v) is 8.83. The van der Waals surface area contributed by atoms with Gasteiger partial charge in [-0.15, -0.1) is 0 Å². The third-order valence-corrected chi connectivity index (χ3v) is 6.16. The molecule has 31 heavy (non-hydrogen) atoms. The summed E-state index contributed by atoms with van der Waals surface area (Å²) in [5.41, 5.74) is 1.88. The predicted octanol–water partition coefficient (Wildman–Crippen LogP) is 7.47. The van der Waals surface area contributed by atoms with E-state index in [9.17, 15) is 9.59 Å². The SMILES string of the molecule is O=C1S/C(=C/c2ccccc2OCc2ccc(Cl)cc2Cl)C(=O)N1c1cccc(Cl)c1. The summed E-state index contributed by atoms with van der Waals surface area (Å²) in [7, 11) is 0. The molecule has 0 spiro atoms. The minimum Gasteiger partial charge on any atom is -0.488 e. The van der Waals surface area contributed by atoms with E-state index in [1.165, 1.54) is 0 Å². The number of hydrogen-bond acceptors (Lipinski definition) is 4. The topological polar surface area (TPSA) is 46.6 Å². The average molecular weight is 491 g/mol.